The number of aliphatic hydroxyl groups excluding tert-OH is 2. The molecule has 1 fully saturated rings. The van der Waals surface area contributed by atoms with Gasteiger partial charge in [-0.25, -0.2) is 4.98 Å². The quantitative estimate of drug-likeness (QED) is 0.595. The van der Waals surface area contributed by atoms with Gasteiger partial charge in [0.25, 0.3) is 0 Å². The molecule has 0 aliphatic carbocycles. The van der Waals surface area contributed by atoms with Gasteiger partial charge in [0.15, 0.2) is 11.5 Å². The van der Waals surface area contributed by atoms with E-state index in [1.54, 1.807) is 6.33 Å². The predicted octanol–water partition coefficient (Wildman–Crippen LogP) is -0.282. The van der Waals surface area contributed by atoms with Gasteiger partial charge < -0.3 is 25.4 Å². The van der Waals surface area contributed by atoms with Crippen LogP contribution in [-0.4, -0.2) is 62.5 Å². The summed E-state index contributed by atoms with van der Waals surface area (Å²) < 4.78 is 0. The van der Waals surface area contributed by atoms with E-state index in [1.165, 1.54) is 0 Å². The molecule has 1 aliphatic heterocycles. The minimum Gasteiger partial charge on any atom is -0.395 e. The van der Waals surface area contributed by atoms with Crippen molar-refractivity contribution in [2.75, 3.05) is 36.5 Å². The van der Waals surface area contributed by atoms with Crippen LogP contribution in [0.15, 0.2) is 6.33 Å². The van der Waals surface area contributed by atoms with E-state index in [4.69, 9.17) is 5.11 Å². The molecule has 0 bridgehead atoms. The lowest BCUT2D eigenvalue weighted by atomic mass is 10.2. The second-order valence-corrected chi connectivity index (χ2v) is 4.80. The fraction of sp³-hybridized carbons (Fsp3) is 0.583. The zero-order chi connectivity index (χ0) is 13.9. The third-order valence-corrected chi connectivity index (χ3v) is 3.52. The molecule has 20 heavy (non-hydrogen) atoms. The Hall–Kier alpha value is -1.93. The number of hydrogen-bond acceptors (Lipinski definition) is 7. The Bertz CT molecular complexity index is 586. The zero-order valence-corrected chi connectivity index (χ0v) is 11.1. The van der Waals surface area contributed by atoms with Gasteiger partial charge >= 0.3 is 0 Å². The Kier molecular flexibility index (Phi) is 3.66. The van der Waals surface area contributed by atoms with E-state index in [-0.39, 0.29) is 19.3 Å². The van der Waals surface area contributed by atoms with Crippen molar-refractivity contribution in [3.8, 4) is 0 Å². The van der Waals surface area contributed by atoms with Gasteiger partial charge in [0.05, 0.1) is 25.6 Å². The predicted molar refractivity (Wildman–Crippen MR) is 74.7 cm³/mol. The van der Waals surface area contributed by atoms with E-state index in [9.17, 15) is 5.11 Å². The molecule has 0 aromatic carbocycles. The Morgan fingerprint density at radius 2 is 2.30 bits per heavy atom. The fourth-order valence-corrected chi connectivity index (χ4v) is 2.54. The number of anilines is 2. The smallest absolute Gasteiger partial charge is 0.229 e. The molecule has 4 N–H and O–H groups in total. The van der Waals surface area contributed by atoms with Gasteiger partial charge in [-0.15, -0.1) is 0 Å². The molecule has 8 nitrogen and oxygen atoms in total. The summed E-state index contributed by atoms with van der Waals surface area (Å²) in [5, 5.41) is 21.4. The number of hydrogen-bond donors (Lipinski definition) is 4. The number of fused-ring (bicyclic) bond motifs is 1. The van der Waals surface area contributed by atoms with Crippen molar-refractivity contribution in [3.05, 3.63) is 6.33 Å². The fourth-order valence-electron chi connectivity index (χ4n) is 2.54. The second kappa shape index (κ2) is 5.59. The highest BCUT2D eigenvalue weighted by atomic mass is 16.3. The molecule has 108 valence electrons. The van der Waals surface area contributed by atoms with Crippen molar-refractivity contribution in [2.45, 2.75) is 18.9 Å². The number of nitrogens with zero attached hydrogens (tertiary/aromatic N) is 4. The van der Waals surface area contributed by atoms with Crippen LogP contribution >= 0.6 is 0 Å². The molecule has 3 heterocycles. The molecule has 0 amide bonds. The van der Waals surface area contributed by atoms with E-state index < -0.39 is 0 Å². The number of imidazole rings is 1. The van der Waals surface area contributed by atoms with E-state index in [1.807, 2.05) is 4.90 Å². The topological polar surface area (TPSA) is 110 Å². The van der Waals surface area contributed by atoms with Crippen molar-refractivity contribution in [1.29, 1.82) is 0 Å². The Labute approximate surface area is 115 Å². The lowest BCUT2D eigenvalue weighted by Crippen LogP contribution is -2.33. The van der Waals surface area contributed by atoms with Gasteiger partial charge in [0.1, 0.15) is 5.52 Å². The van der Waals surface area contributed by atoms with Crippen LogP contribution in [0.25, 0.3) is 11.2 Å². The highest BCUT2D eigenvalue weighted by Crippen LogP contribution is 2.26. The Morgan fingerprint density at radius 1 is 1.40 bits per heavy atom. The lowest BCUT2D eigenvalue weighted by Gasteiger charge is -2.23. The van der Waals surface area contributed by atoms with E-state index >= 15 is 0 Å². The number of aromatic amines is 1. The van der Waals surface area contributed by atoms with Gasteiger partial charge in [-0.3, -0.25) is 0 Å². The monoisotopic (exact) mass is 278 g/mol. The average molecular weight is 278 g/mol. The minimum absolute atomic E-state index is 0.0257. The number of nitrogens with one attached hydrogen (secondary N) is 2. The highest BCUT2D eigenvalue weighted by molar-refractivity contribution is 5.83. The van der Waals surface area contributed by atoms with E-state index in [0.29, 0.717) is 24.0 Å². The first-order valence-electron chi connectivity index (χ1n) is 6.77. The largest absolute Gasteiger partial charge is 0.395 e. The maximum atomic E-state index is 9.41. The van der Waals surface area contributed by atoms with Crippen molar-refractivity contribution in [2.24, 2.45) is 0 Å². The van der Waals surface area contributed by atoms with Crippen LogP contribution in [0.4, 0.5) is 11.8 Å². The van der Waals surface area contributed by atoms with Crippen molar-refractivity contribution in [1.82, 2.24) is 19.9 Å². The maximum Gasteiger partial charge on any atom is 0.229 e. The molecule has 1 saturated heterocycles. The lowest BCUT2D eigenvalue weighted by molar-refractivity contribution is 0.265. The SMILES string of the molecule is OCCNc1nc(N2CCCC2CO)nc2nc[nH]c12. The first-order valence-corrected chi connectivity index (χ1v) is 6.77. The van der Waals surface area contributed by atoms with E-state index in [0.717, 1.165) is 24.9 Å². The van der Waals surface area contributed by atoms with Crippen LogP contribution in [0.1, 0.15) is 12.8 Å². The van der Waals surface area contributed by atoms with Gasteiger partial charge in [0.2, 0.25) is 5.95 Å². The summed E-state index contributed by atoms with van der Waals surface area (Å²) in [4.78, 5) is 18.1. The molecule has 8 heteroatoms. The Morgan fingerprint density at radius 3 is 3.10 bits per heavy atom. The molecule has 1 unspecified atom stereocenters. The summed E-state index contributed by atoms with van der Waals surface area (Å²) in [6.07, 6.45) is 3.53. The highest BCUT2D eigenvalue weighted by Gasteiger charge is 2.27. The molecule has 1 atom stereocenters. The summed E-state index contributed by atoms with van der Waals surface area (Å²) >= 11 is 0. The van der Waals surface area contributed by atoms with Crippen molar-refractivity contribution >= 4 is 22.9 Å². The number of H-pyrrole nitrogens is 1. The van der Waals surface area contributed by atoms with Gasteiger partial charge in [-0.05, 0) is 12.8 Å². The number of aromatic nitrogens is 4. The van der Waals surface area contributed by atoms with Crippen molar-refractivity contribution in [3.63, 3.8) is 0 Å². The van der Waals surface area contributed by atoms with Crippen molar-refractivity contribution < 1.29 is 10.2 Å². The third kappa shape index (κ3) is 2.27. The zero-order valence-electron chi connectivity index (χ0n) is 11.1. The normalized spacial score (nSPS) is 18.9. The molecular weight excluding hydrogens is 260 g/mol. The number of aliphatic hydroxyl groups is 2. The van der Waals surface area contributed by atoms with Gasteiger partial charge in [0, 0.05) is 13.1 Å². The molecule has 2 aromatic heterocycles. The third-order valence-electron chi connectivity index (χ3n) is 3.52. The van der Waals surface area contributed by atoms with E-state index in [2.05, 4.69) is 25.3 Å². The second-order valence-electron chi connectivity index (χ2n) is 4.80. The molecule has 1 aliphatic rings. The maximum absolute atomic E-state index is 9.41. The first-order chi connectivity index (χ1) is 9.83. The molecule has 3 rings (SSSR count). The van der Waals surface area contributed by atoms with Crippen LogP contribution in [-0.2, 0) is 0 Å². The summed E-state index contributed by atoms with van der Waals surface area (Å²) in [5.41, 5.74) is 1.31. The van der Waals surface area contributed by atoms with Crippen LogP contribution in [0.3, 0.4) is 0 Å². The van der Waals surface area contributed by atoms with Gasteiger partial charge in [-0.1, -0.05) is 0 Å². The van der Waals surface area contributed by atoms with Gasteiger partial charge in [-0.2, -0.15) is 9.97 Å². The number of rotatable bonds is 5. The standard InChI is InChI=1S/C12H18N6O2/c19-5-3-13-10-9-11(15-7-14-9)17-12(16-10)18-4-1-2-8(18)6-20/h7-8,19-20H,1-6H2,(H2,13,14,15,16,17). The molecule has 0 spiro atoms. The van der Waals surface area contributed by atoms with Crippen LogP contribution in [0.2, 0.25) is 0 Å². The molecule has 0 radical (unpaired) electrons. The summed E-state index contributed by atoms with van der Waals surface area (Å²) in [5.74, 6) is 1.20. The van der Waals surface area contributed by atoms with Crippen LogP contribution in [0.5, 0.6) is 0 Å². The molecule has 0 saturated carbocycles. The molecule has 2 aromatic rings. The Balaban J connectivity index is 1.98. The minimum atomic E-state index is 0.0257. The van der Waals surface area contributed by atoms with Crippen LogP contribution < -0.4 is 10.2 Å². The average Bonchev–Trinajstić information content (AvgIpc) is 3.12. The summed E-state index contributed by atoms with van der Waals surface area (Å²) in [6, 6.07) is 0.0667. The molecular formula is C12H18N6O2. The summed E-state index contributed by atoms with van der Waals surface area (Å²) in [6.45, 7) is 1.37. The first kappa shape index (κ1) is 13.1. The summed E-state index contributed by atoms with van der Waals surface area (Å²) in [7, 11) is 0. The van der Waals surface area contributed by atoms with Crippen LogP contribution in [0, 0.1) is 0 Å².